The first-order valence-corrected chi connectivity index (χ1v) is 10.2. The molecule has 160 valence electrons. The van der Waals surface area contributed by atoms with Gasteiger partial charge < -0.3 is 14.8 Å². The van der Waals surface area contributed by atoms with Gasteiger partial charge in [-0.15, -0.1) is 0 Å². The molecular formula is C25H19ClN2O4. The van der Waals surface area contributed by atoms with Crippen LogP contribution in [0, 0.1) is 0 Å². The minimum atomic E-state index is -0.618. The van der Waals surface area contributed by atoms with Gasteiger partial charge in [0.25, 0.3) is 5.91 Å². The molecule has 0 aliphatic heterocycles. The number of carbonyl (C=O) groups is 2. The Hall–Kier alpha value is -3.90. The maximum Gasteiger partial charge on any atom is 0.339 e. The monoisotopic (exact) mass is 446 g/mol. The highest BCUT2D eigenvalue weighted by atomic mass is 35.5. The van der Waals surface area contributed by atoms with Crippen LogP contribution in [0.2, 0.25) is 5.02 Å². The first-order chi connectivity index (χ1) is 15.5. The lowest BCUT2D eigenvalue weighted by atomic mass is 10.0. The third kappa shape index (κ3) is 4.71. The fourth-order valence-corrected chi connectivity index (χ4v) is 3.39. The van der Waals surface area contributed by atoms with Gasteiger partial charge in [0.05, 0.1) is 34.6 Å². The van der Waals surface area contributed by atoms with Crippen molar-refractivity contribution in [2.45, 2.75) is 0 Å². The number of benzene rings is 3. The van der Waals surface area contributed by atoms with E-state index in [2.05, 4.69) is 10.3 Å². The number of rotatable bonds is 6. The number of hydrogen-bond donors (Lipinski definition) is 1. The van der Waals surface area contributed by atoms with Crippen LogP contribution in [-0.2, 0) is 9.53 Å². The SMILES string of the molecule is COc1ccc(-c2cc(C(=O)OCC(=O)Nc3ccccc3Cl)c3ccccc3n2)cc1. The Labute approximate surface area is 189 Å². The number of amides is 1. The Bertz CT molecular complexity index is 1290. The van der Waals surface area contributed by atoms with Crippen LogP contribution in [0.3, 0.4) is 0 Å². The second-order valence-electron chi connectivity index (χ2n) is 6.90. The minimum Gasteiger partial charge on any atom is -0.497 e. The Morgan fingerprint density at radius 3 is 2.44 bits per heavy atom. The molecule has 0 fully saturated rings. The number of ether oxygens (including phenoxy) is 2. The number of pyridine rings is 1. The molecule has 0 aliphatic carbocycles. The van der Waals surface area contributed by atoms with E-state index in [-0.39, 0.29) is 0 Å². The number of anilines is 1. The van der Waals surface area contributed by atoms with Crippen molar-refractivity contribution >= 4 is 40.1 Å². The fourth-order valence-electron chi connectivity index (χ4n) is 3.21. The highest BCUT2D eigenvalue weighted by Gasteiger charge is 2.17. The van der Waals surface area contributed by atoms with E-state index in [1.54, 1.807) is 43.5 Å². The van der Waals surface area contributed by atoms with Crippen molar-refractivity contribution in [1.82, 2.24) is 4.98 Å². The van der Waals surface area contributed by atoms with Gasteiger partial charge in [0, 0.05) is 10.9 Å². The fraction of sp³-hybridized carbons (Fsp3) is 0.0800. The van der Waals surface area contributed by atoms with E-state index in [0.717, 1.165) is 11.3 Å². The molecule has 1 amide bonds. The number of carbonyl (C=O) groups excluding carboxylic acids is 2. The van der Waals surface area contributed by atoms with Gasteiger partial charge in [-0.05, 0) is 48.5 Å². The molecule has 1 aromatic heterocycles. The summed E-state index contributed by atoms with van der Waals surface area (Å²) in [5.74, 6) is -0.383. The van der Waals surface area contributed by atoms with Crippen LogP contribution in [0.25, 0.3) is 22.2 Å². The zero-order chi connectivity index (χ0) is 22.5. The predicted molar refractivity (Wildman–Crippen MR) is 124 cm³/mol. The molecule has 0 unspecified atom stereocenters. The summed E-state index contributed by atoms with van der Waals surface area (Å²) in [6, 6.07) is 23.1. The predicted octanol–water partition coefficient (Wildman–Crippen LogP) is 5.36. The summed E-state index contributed by atoms with van der Waals surface area (Å²) in [4.78, 5) is 29.8. The van der Waals surface area contributed by atoms with Crippen LogP contribution in [0.4, 0.5) is 5.69 Å². The molecule has 0 saturated carbocycles. The summed E-state index contributed by atoms with van der Waals surface area (Å²) >= 11 is 6.05. The summed E-state index contributed by atoms with van der Waals surface area (Å²) in [6.07, 6.45) is 0. The van der Waals surface area contributed by atoms with Crippen LogP contribution in [0.15, 0.2) is 78.9 Å². The molecule has 0 spiro atoms. The number of nitrogens with one attached hydrogen (secondary N) is 1. The van der Waals surface area contributed by atoms with E-state index < -0.39 is 18.5 Å². The quantitative estimate of drug-likeness (QED) is 0.403. The summed E-state index contributed by atoms with van der Waals surface area (Å²) < 4.78 is 10.5. The van der Waals surface area contributed by atoms with E-state index in [4.69, 9.17) is 21.1 Å². The van der Waals surface area contributed by atoms with Crippen molar-refractivity contribution in [3.05, 3.63) is 89.4 Å². The van der Waals surface area contributed by atoms with E-state index in [1.165, 1.54) is 0 Å². The highest BCUT2D eigenvalue weighted by Crippen LogP contribution is 2.27. The molecule has 1 heterocycles. The van der Waals surface area contributed by atoms with Gasteiger partial charge in [-0.3, -0.25) is 4.79 Å². The second-order valence-corrected chi connectivity index (χ2v) is 7.31. The molecular weight excluding hydrogens is 428 g/mol. The number of hydrogen-bond acceptors (Lipinski definition) is 5. The Kier molecular flexibility index (Phi) is 6.33. The maximum absolute atomic E-state index is 12.9. The molecule has 0 aliphatic rings. The lowest BCUT2D eigenvalue weighted by Gasteiger charge is -2.11. The summed E-state index contributed by atoms with van der Waals surface area (Å²) in [6.45, 7) is -0.446. The van der Waals surface area contributed by atoms with Crippen molar-refractivity contribution in [2.24, 2.45) is 0 Å². The number of esters is 1. The maximum atomic E-state index is 12.9. The normalized spacial score (nSPS) is 10.6. The molecule has 0 radical (unpaired) electrons. The molecule has 4 rings (SSSR count). The average molecular weight is 447 g/mol. The number of aromatic nitrogens is 1. The van der Waals surface area contributed by atoms with Gasteiger partial charge in [-0.2, -0.15) is 0 Å². The van der Waals surface area contributed by atoms with E-state index in [1.807, 2.05) is 42.5 Å². The third-order valence-corrected chi connectivity index (χ3v) is 5.13. The molecule has 32 heavy (non-hydrogen) atoms. The average Bonchev–Trinajstić information content (AvgIpc) is 2.83. The zero-order valence-corrected chi connectivity index (χ0v) is 17.9. The number of fused-ring (bicyclic) bond motifs is 1. The number of nitrogens with zero attached hydrogens (tertiary/aromatic N) is 1. The van der Waals surface area contributed by atoms with Crippen molar-refractivity contribution in [1.29, 1.82) is 0 Å². The molecule has 0 atom stereocenters. The first kappa shape index (κ1) is 21.3. The van der Waals surface area contributed by atoms with Gasteiger partial charge >= 0.3 is 5.97 Å². The molecule has 7 heteroatoms. The van der Waals surface area contributed by atoms with Crippen LogP contribution in [0.5, 0.6) is 5.75 Å². The molecule has 3 aromatic carbocycles. The topological polar surface area (TPSA) is 77.5 Å². The molecule has 1 N–H and O–H groups in total. The van der Waals surface area contributed by atoms with E-state index in [0.29, 0.717) is 32.9 Å². The van der Waals surface area contributed by atoms with E-state index >= 15 is 0 Å². The van der Waals surface area contributed by atoms with Crippen molar-refractivity contribution < 1.29 is 19.1 Å². The molecule has 0 bridgehead atoms. The molecule has 4 aromatic rings. The second kappa shape index (κ2) is 9.49. The van der Waals surface area contributed by atoms with Crippen LogP contribution in [0.1, 0.15) is 10.4 Å². The lowest BCUT2D eigenvalue weighted by Crippen LogP contribution is -2.21. The molecule has 6 nitrogen and oxygen atoms in total. The lowest BCUT2D eigenvalue weighted by molar-refractivity contribution is -0.119. The minimum absolute atomic E-state index is 0.326. The van der Waals surface area contributed by atoms with Crippen LogP contribution < -0.4 is 10.1 Å². The Morgan fingerprint density at radius 1 is 0.969 bits per heavy atom. The van der Waals surface area contributed by atoms with Crippen molar-refractivity contribution in [3.8, 4) is 17.0 Å². The van der Waals surface area contributed by atoms with Crippen LogP contribution in [-0.4, -0.2) is 30.6 Å². The number of halogens is 1. The van der Waals surface area contributed by atoms with Gasteiger partial charge in [-0.25, -0.2) is 9.78 Å². The van der Waals surface area contributed by atoms with Crippen molar-refractivity contribution in [2.75, 3.05) is 19.0 Å². The smallest absolute Gasteiger partial charge is 0.339 e. The summed E-state index contributed by atoms with van der Waals surface area (Å²) in [5.41, 5.74) is 2.85. The van der Waals surface area contributed by atoms with Gasteiger partial charge in [-0.1, -0.05) is 41.9 Å². The third-order valence-electron chi connectivity index (χ3n) is 4.80. The zero-order valence-electron chi connectivity index (χ0n) is 17.2. The standard InChI is InChI=1S/C25H19ClN2O4/c1-31-17-12-10-16(11-13-17)23-14-19(18-6-2-4-8-21(18)27-23)25(30)32-15-24(29)28-22-9-5-3-7-20(22)26/h2-14H,15H2,1H3,(H,28,29). The van der Waals surface area contributed by atoms with Crippen LogP contribution >= 0.6 is 11.6 Å². The Morgan fingerprint density at radius 2 is 1.69 bits per heavy atom. The summed E-state index contributed by atoms with van der Waals surface area (Å²) in [5, 5.41) is 3.67. The van der Waals surface area contributed by atoms with E-state index in [9.17, 15) is 9.59 Å². The van der Waals surface area contributed by atoms with Gasteiger partial charge in [0.15, 0.2) is 6.61 Å². The van der Waals surface area contributed by atoms with Gasteiger partial charge in [0.1, 0.15) is 5.75 Å². The molecule has 0 saturated heterocycles. The summed E-state index contributed by atoms with van der Waals surface area (Å²) in [7, 11) is 1.60. The van der Waals surface area contributed by atoms with Gasteiger partial charge in [0.2, 0.25) is 0 Å². The largest absolute Gasteiger partial charge is 0.497 e. The first-order valence-electron chi connectivity index (χ1n) is 9.81. The Balaban J connectivity index is 1.57. The highest BCUT2D eigenvalue weighted by molar-refractivity contribution is 6.33. The number of para-hydroxylation sites is 2. The van der Waals surface area contributed by atoms with Crippen molar-refractivity contribution in [3.63, 3.8) is 0 Å². The number of methoxy groups -OCH3 is 1.